The van der Waals surface area contributed by atoms with E-state index in [1.807, 2.05) is 5.38 Å². The Morgan fingerprint density at radius 2 is 2.08 bits per heavy atom. The van der Waals surface area contributed by atoms with E-state index in [9.17, 15) is 14.0 Å². The first-order valence-electron chi connectivity index (χ1n) is 7.17. The summed E-state index contributed by atoms with van der Waals surface area (Å²) in [7, 11) is 0. The summed E-state index contributed by atoms with van der Waals surface area (Å²) in [4.78, 5) is 35.2. The lowest BCUT2D eigenvalue weighted by Gasteiger charge is -2.05. The number of aromatic amines is 1. The molecule has 0 saturated carbocycles. The van der Waals surface area contributed by atoms with E-state index >= 15 is 0 Å². The maximum absolute atomic E-state index is 13.5. The highest BCUT2D eigenvalue weighted by Gasteiger charge is 2.20. The number of hydrogen-bond acceptors (Lipinski definition) is 5. The number of nitrogens with zero attached hydrogens (tertiary/aromatic N) is 3. The van der Waals surface area contributed by atoms with Crippen molar-refractivity contribution >= 4 is 28.4 Å². The van der Waals surface area contributed by atoms with E-state index in [2.05, 4.69) is 15.0 Å². The molecule has 0 bridgehead atoms. The monoisotopic (exact) mass is 355 g/mol. The predicted molar refractivity (Wildman–Crippen MR) is 91.3 cm³/mol. The number of benzene rings is 1. The van der Waals surface area contributed by atoms with E-state index in [4.69, 9.17) is 5.73 Å². The summed E-state index contributed by atoms with van der Waals surface area (Å²) in [5.41, 5.74) is 5.53. The van der Waals surface area contributed by atoms with Gasteiger partial charge in [0.05, 0.1) is 0 Å². The van der Waals surface area contributed by atoms with Gasteiger partial charge >= 0.3 is 5.69 Å². The molecule has 3 N–H and O–H groups in total. The number of fused-ring (bicyclic) bond motifs is 1. The smallest absolute Gasteiger partial charge is 0.333 e. The number of carbonyl (C=O) groups excluding carboxylic acids is 1. The quantitative estimate of drug-likeness (QED) is 0.587. The topological polar surface area (TPSA) is 107 Å². The summed E-state index contributed by atoms with van der Waals surface area (Å²) in [5, 5.41) is 2.43. The second-order valence-electron chi connectivity index (χ2n) is 5.19. The Bertz CT molecular complexity index is 1160. The molecule has 0 atom stereocenters. The minimum atomic E-state index is -0.815. The van der Waals surface area contributed by atoms with Crippen LogP contribution in [0.5, 0.6) is 0 Å². The average molecular weight is 355 g/mol. The molecule has 0 radical (unpaired) electrons. The zero-order valence-electron chi connectivity index (χ0n) is 12.6. The van der Waals surface area contributed by atoms with Crippen molar-refractivity contribution in [1.82, 2.24) is 19.5 Å². The first kappa shape index (κ1) is 15.2. The Hall–Kier alpha value is -3.33. The molecule has 9 heteroatoms. The maximum atomic E-state index is 13.5. The van der Waals surface area contributed by atoms with Gasteiger partial charge in [-0.05, 0) is 29.6 Å². The highest BCUT2D eigenvalue weighted by molar-refractivity contribution is 7.12. The number of nitrogens with two attached hydrogens (primary N) is 1. The Morgan fingerprint density at radius 3 is 2.76 bits per heavy atom. The molecular weight excluding hydrogens is 345 g/mol. The van der Waals surface area contributed by atoms with Gasteiger partial charge in [0.2, 0.25) is 0 Å². The number of aromatic nitrogens is 4. The number of imidazole rings is 1. The number of H-pyrrole nitrogens is 1. The molecule has 3 aromatic heterocycles. The summed E-state index contributed by atoms with van der Waals surface area (Å²) in [6, 6.07) is 9.17. The first-order valence-corrected chi connectivity index (χ1v) is 8.05. The highest BCUT2D eigenvalue weighted by Crippen LogP contribution is 2.23. The maximum Gasteiger partial charge on any atom is 0.333 e. The molecule has 0 saturated heterocycles. The molecule has 0 spiro atoms. The van der Waals surface area contributed by atoms with Crippen LogP contribution in [0.25, 0.3) is 27.6 Å². The van der Waals surface area contributed by atoms with Crippen LogP contribution in [-0.4, -0.2) is 25.4 Å². The van der Waals surface area contributed by atoms with Gasteiger partial charge in [0, 0.05) is 5.56 Å². The summed E-state index contributed by atoms with van der Waals surface area (Å²) in [6.07, 6.45) is 0. The normalized spacial score (nSPS) is 11.1. The SMILES string of the molecule is NC(=O)c1nc(-c2cccc(F)c2)nc2c1[nH]c(=O)n2-c1cccs1. The van der Waals surface area contributed by atoms with Crippen molar-refractivity contribution in [3.8, 4) is 16.4 Å². The standard InChI is InChI=1S/C16H10FN5O2S/c17-9-4-1-3-8(7-9)14-19-11(13(18)23)12-15(21-14)22(16(24)20-12)10-5-2-6-25-10/h1-7H,(H2,18,23)(H,20,24). The van der Waals surface area contributed by atoms with Gasteiger partial charge in [-0.3, -0.25) is 4.79 Å². The van der Waals surface area contributed by atoms with E-state index in [0.717, 1.165) is 0 Å². The van der Waals surface area contributed by atoms with Crippen LogP contribution in [0.3, 0.4) is 0 Å². The molecule has 0 fully saturated rings. The fourth-order valence-corrected chi connectivity index (χ4v) is 3.25. The van der Waals surface area contributed by atoms with Crippen LogP contribution < -0.4 is 11.4 Å². The van der Waals surface area contributed by atoms with Crippen molar-refractivity contribution in [3.05, 3.63) is 63.8 Å². The van der Waals surface area contributed by atoms with Gasteiger partial charge in [-0.1, -0.05) is 12.1 Å². The third-order valence-corrected chi connectivity index (χ3v) is 4.43. The molecule has 0 unspecified atom stereocenters. The third-order valence-electron chi connectivity index (χ3n) is 3.58. The fraction of sp³-hybridized carbons (Fsp3) is 0. The van der Waals surface area contributed by atoms with E-state index in [1.54, 1.807) is 18.2 Å². The van der Waals surface area contributed by atoms with Crippen molar-refractivity contribution < 1.29 is 9.18 Å². The van der Waals surface area contributed by atoms with Gasteiger partial charge in [0.25, 0.3) is 5.91 Å². The molecule has 7 nitrogen and oxygen atoms in total. The van der Waals surface area contributed by atoms with Crippen molar-refractivity contribution in [1.29, 1.82) is 0 Å². The van der Waals surface area contributed by atoms with E-state index in [1.165, 1.54) is 34.1 Å². The minimum Gasteiger partial charge on any atom is -0.364 e. The second kappa shape index (κ2) is 5.64. The Morgan fingerprint density at radius 1 is 1.24 bits per heavy atom. The van der Waals surface area contributed by atoms with Crippen LogP contribution in [0.15, 0.2) is 46.6 Å². The molecule has 4 rings (SSSR count). The number of amides is 1. The van der Waals surface area contributed by atoms with Gasteiger partial charge in [0.1, 0.15) is 16.3 Å². The molecule has 1 amide bonds. The van der Waals surface area contributed by atoms with Gasteiger partial charge in [-0.15, -0.1) is 11.3 Å². The minimum absolute atomic E-state index is 0.102. The van der Waals surface area contributed by atoms with Crippen LogP contribution in [0.2, 0.25) is 0 Å². The molecule has 25 heavy (non-hydrogen) atoms. The van der Waals surface area contributed by atoms with Crippen LogP contribution in [0.4, 0.5) is 4.39 Å². The number of nitrogens with one attached hydrogen (secondary N) is 1. The van der Waals surface area contributed by atoms with Gasteiger partial charge < -0.3 is 10.7 Å². The van der Waals surface area contributed by atoms with Crippen LogP contribution in [0.1, 0.15) is 10.5 Å². The van der Waals surface area contributed by atoms with Crippen molar-refractivity contribution in [2.75, 3.05) is 0 Å². The fourth-order valence-electron chi connectivity index (χ4n) is 2.52. The van der Waals surface area contributed by atoms with Crippen LogP contribution >= 0.6 is 11.3 Å². The highest BCUT2D eigenvalue weighted by atomic mass is 32.1. The number of rotatable bonds is 3. The summed E-state index contributed by atoms with van der Waals surface area (Å²) >= 11 is 1.33. The average Bonchev–Trinajstić information content (AvgIpc) is 3.20. The van der Waals surface area contributed by atoms with Gasteiger partial charge in [-0.2, -0.15) is 0 Å². The summed E-state index contributed by atoms with van der Waals surface area (Å²) < 4.78 is 14.9. The zero-order valence-corrected chi connectivity index (χ0v) is 13.4. The Labute approximate surface area is 143 Å². The number of halogens is 1. The van der Waals surface area contributed by atoms with E-state index in [0.29, 0.717) is 10.6 Å². The molecule has 4 aromatic rings. The lowest BCUT2D eigenvalue weighted by Crippen LogP contribution is -2.15. The largest absolute Gasteiger partial charge is 0.364 e. The number of hydrogen-bond donors (Lipinski definition) is 2. The van der Waals surface area contributed by atoms with Gasteiger partial charge in [0.15, 0.2) is 17.2 Å². The second-order valence-corrected chi connectivity index (χ2v) is 6.11. The zero-order chi connectivity index (χ0) is 17.6. The van der Waals surface area contributed by atoms with Crippen molar-refractivity contribution in [2.24, 2.45) is 5.73 Å². The molecule has 0 aliphatic carbocycles. The lowest BCUT2D eigenvalue weighted by atomic mass is 10.2. The Balaban J connectivity index is 2.08. The predicted octanol–water partition coefficient (Wildman–Crippen LogP) is 2.08. The molecule has 3 heterocycles. The molecule has 124 valence electrons. The van der Waals surface area contributed by atoms with Crippen molar-refractivity contribution in [3.63, 3.8) is 0 Å². The summed E-state index contributed by atoms with van der Waals surface area (Å²) in [5.74, 6) is -1.18. The molecule has 1 aromatic carbocycles. The number of primary amides is 1. The first-order chi connectivity index (χ1) is 12.0. The van der Waals surface area contributed by atoms with E-state index in [-0.39, 0.29) is 22.7 Å². The molecular formula is C16H10FN5O2S. The van der Waals surface area contributed by atoms with Crippen molar-refractivity contribution in [2.45, 2.75) is 0 Å². The Kier molecular flexibility index (Phi) is 3.43. The molecule has 0 aliphatic heterocycles. The number of thiophene rings is 1. The summed E-state index contributed by atoms with van der Waals surface area (Å²) in [6.45, 7) is 0. The van der Waals surface area contributed by atoms with Crippen LogP contribution in [-0.2, 0) is 0 Å². The number of carbonyl (C=O) groups is 1. The third kappa shape index (κ3) is 2.50. The van der Waals surface area contributed by atoms with E-state index < -0.39 is 17.4 Å². The van der Waals surface area contributed by atoms with Crippen LogP contribution in [0, 0.1) is 5.82 Å². The van der Waals surface area contributed by atoms with Gasteiger partial charge in [-0.25, -0.2) is 23.7 Å². The lowest BCUT2D eigenvalue weighted by molar-refractivity contribution is 0.0997. The molecule has 0 aliphatic rings.